The summed E-state index contributed by atoms with van der Waals surface area (Å²) in [6.45, 7) is 7.14. The quantitative estimate of drug-likeness (QED) is 0.835. The third-order valence-electron chi connectivity index (χ3n) is 3.35. The average Bonchev–Trinajstić information content (AvgIpc) is 2.63. The van der Waals surface area contributed by atoms with Crippen LogP contribution in [0.5, 0.6) is 0 Å². The molecular formula is C14H20N2O. The molecule has 1 heterocycles. The molecule has 2 unspecified atom stereocenters. The fraction of sp³-hybridized carbons (Fsp3) is 0.500. The molecule has 3 heteroatoms. The molecule has 0 aromatic heterocycles. The Bertz CT molecular complexity index is 428. The molecular weight excluding hydrogens is 212 g/mol. The lowest BCUT2D eigenvalue weighted by molar-refractivity contribution is -0.119. The molecule has 1 aromatic rings. The summed E-state index contributed by atoms with van der Waals surface area (Å²) in [6, 6.07) is 7.06. The van der Waals surface area contributed by atoms with Gasteiger partial charge in [0, 0.05) is 25.0 Å². The third-order valence-corrected chi connectivity index (χ3v) is 3.35. The summed E-state index contributed by atoms with van der Waals surface area (Å²) in [7, 11) is 0. The van der Waals surface area contributed by atoms with Gasteiger partial charge in [-0.05, 0) is 31.9 Å². The molecule has 92 valence electrons. The molecule has 0 radical (unpaired) electrons. The largest absolute Gasteiger partial charge is 0.354 e. The Morgan fingerprint density at radius 3 is 2.76 bits per heavy atom. The Morgan fingerprint density at radius 1 is 1.41 bits per heavy atom. The minimum absolute atomic E-state index is 0.148. The van der Waals surface area contributed by atoms with E-state index in [1.165, 1.54) is 16.7 Å². The topological polar surface area (TPSA) is 41.1 Å². The highest BCUT2D eigenvalue weighted by Gasteiger charge is 2.23. The lowest BCUT2D eigenvalue weighted by Crippen LogP contribution is -2.33. The van der Waals surface area contributed by atoms with Crippen molar-refractivity contribution in [2.24, 2.45) is 0 Å². The van der Waals surface area contributed by atoms with Crippen molar-refractivity contribution in [3.05, 3.63) is 34.9 Å². The van der Waals surface area contributed by atoms with Crippen molar-refractivity contribution >= 4 is 5.91 Å². The first-order chi connectivity index (χ1) is 8.06. The van der Waals surface area contributed by atoms with Crippen molar-refractivity contribution in [1.29, 1.82) is 0 Å². The first-order valence-corrected chi connectivity index (χ1v) is 6.16. The minimum Gasteiger partial charge on any atom is -0.354 e. The fourth-order valence-corrected chi connectivity index (χ4v) is 2.48. The first kappa shape index (κ1) is 12.1. The van der Waals surface area contributed by atoms with Crippen molar-refractivity contribution in [2.75, 3.05) is 6.54 Å². The smallest absolute Gasteiger partial charge is 0.221 e. The Morgan fingerprint density at radius 2 is 2.18 bits per heavy atom. The molecule has 1 saturated heterocycles. The second-order valence-electron chi connectivity index (χ2n) is 4.95. The molecule has 2 atom stereocenters. The van der Waals surface area contributed by atoms with Gasteiger partial charge in [0.05, 0.1) is 0 Å². The van der Waals surface area contributed by atoms with Crippen molar-refractivity contribution < 1.29 is 4.79 Å². The van der Waals surface area contributed by atoms with Gasteiger partial charge in [0.1, 0.15) is 0 Å². The maximum Gasteiger partial charge on any atom is 0.221 e. The van der Waals surface area contributed by atoms with Gasteiger partial charge in [0.15, 0.2) is 0 Å². The van der Waals surface area contributed by atoms with Crippen LogP contribution in [0.15, 0.2) is 18.2 Å². The van der Waals surface area contributed by atoms with E-state index in [9.17, 15) is 4.79 Å². The summed E-state index contributed by atoms with van der Waals surface area (Å²) in [6.07, 6.45) is 0.593. The molecule has 2 N–H and O–H groups in total. The summed E-state index contributed by atoms with van der Waals surface area (Å²) < 4.78 is 0. The van der Waals surface area contributed by atoms with Crippen LogP contribution in [0.4, 0.5) is 0 Å². The summed E-state index contributed by atoms with van der Waals surface area (Å²) in [5.41, 5.74) is 3.91. The van der Waals surface area contributed by atoms with Crippen molar-refractivity contribution in [1.82, 2.24) is 10.6 Å². The maximum absolute atomic E-state index is 11.1. The average molecular weight is 232 g/mol. The van der Waals surface area contributed by atoms with E-state index in [4.69, 9.17) is 0 Å². The van der Waals surface area contributed by atoms with E-state index >= 15 is 0 Å². The highest BCUT2D eigenvalue weighted by Crippen LogP contribution is 2.19. The lowest BCUT2D eigenvalue weighted by Gasteiger charge is -2.20. The normalized spacial score (nSPS) is 21.4. The zero-order valence-corrected chi connectivity index (χ0v) is 10.7. The van der Waals surface area contributed by atoms with E-state index in [-0.39, 0.29) is 18.0 Å². The lowest BCUT2D eigenvalue weighted by atomic mass is 9.99. The zero-order valence-electron chi connectivity index (χ0n) is 10.7. The van der Waals surface area contributed by atoms with Crippen LogP contribution in [-0.4, -0.2) is 18.5 Å². The predicted molar refractivity (Wildman–Crippen MR) is 68.9 cm³/mol. The fourth-order valence-electron chi connectivity index (χ4n) is 2.48. The number of carbonyl (C=O) groups excluding carboxylic acids is 1. The molecule has 1 aromatic carbocycles. The first-order valence-electron chi connectivity index (χ1n) is 6.16. The number of hydrogen-bond donors (Lipinski definition) is 2. The molecule has 1 aliphatic rings. The summed E-state index contributed by atoms with van der Waals surface area (Å²) >= 11 is 0. The van der Waals surface area contributed by atoms with Crippen LogP contribution in [0.2, 0.25) is 0 Å². The van der Waals surface area contributed by atoms with Crippen LogP contribution in [-0.2, 0) is 4.79 Å². The predicted octanol–water partition coefficient (Wildman–Crippen LogP) is 1.84. The number of aryl methyl sites for hydroxylation is 2. The Labute approximate surface area is 103 Å². The number of hydrogen-bond acceptors (Lipinski definition) is 2. The van der Waals surface area contributed by atoms with Gasteiger partial charge in [-0.2, -0.15) is 0 Å². The summed E-state index contributed by atoms with van der Waals surface area (Å²) in [4.78, 5) is 11.1. The van der Waals surface area contributed by atoms with Crippen LogP contribution in [0.3, 0.4) is 0 Å². The van der Waals surface area contributed by atoms with Crippen LogP contribution < -0.4 is 10.6 Å². The van der Waals surface area contributed by atoms with Crippen LogP contribution in [0.25, 0.3) is 0 Å². The van der Waals surface area contributed by atoms with Crippen LogP contribution in [0, 0.1) is 13.8 Å². The van der Waals surface area contributed by atoms with E-state index < -0.39 is 0 Å². The van der Waals surface area contributed by atoms with E-state index in [1.807, 2.05) is 0 Å². The van der Waals surface area contributed by atoms with Gasteiger partial charge >= 0.3 is 0 Å². The molecule has 0 saturated carbocycles. The van der Waals surface area contributed by atoms with Crippen molar-refractivity contribution in [3.8, 4) is 0 Å². The van der Waals surface area contributed by atoms with Crippen molar-refractivity contribution in [3.63, 3.8) is 0 Å². The maximum atomic E-state index is 11.1. The molecule has 1 aliphatic heterocycles. The molecule has 0 bridgehead atoms. The zero-order chi connectivity index (χ0) is 12.4. The Kier molecular flexibility index (Phi) is 3.48. The number of carbonyl (C=O) groups is 1. The molecule has 0 aliphatic carbocycles. The van der Waals surface area contributed by atoms with Gasteiger partial charge in [-0.1, -0.05) is 23.8 Å². The van der Waals surface area contributed by atoms with Crippen molar-refractivity contribution in [2.45, 2.75) is 39.3 Å². The Balaban J connectivity index is 2.04. The van der Waals surface area contributed by atoms with E-state index in [2.05, 4.69) is 49.6 Å². The summed E-state index contributed by atoms with van der Waals surface area (Å²) in [5, 5.41) is 6.35. The number of benzene rings is 1. The molecule has 1 fully saturated rings. The highest BCUT2D eigenvalue weighted by atomic mass is 16.1. The van der Waals surface area contributed by atoms with E-state index in [1.54, 1.807) is 0 Å². The van der Waals surface area contributed by atoms with E-state index in [0.29, 0.717) is 6.42 Å². The van der Waals surface area contributed by atoms with Gasteiger partial charge in [0.2, 0.25) is 5.91 Å². The second kappa shape index (κ2) is 4.88. The van der Waals surface area contributed by atoms with Gasteiger partial charge in [0.25, 0.3) is 0 Å². The van der Waals surface area contributed by atoms with Gasteiger partial charge in [-0.3, -0.25) is 4.79 Å². The number of amides is 1. The van der Waals surface area contributed by atoms with Gasteiger partial charge in [-0.15, -0.1) is 0 Å². The minimum atomic E-state index is 0.148. The Hall–Kier alpha value is -1.35. The highest BCUT2D eigenvalue weighted by molar-refractivity contribution is 5.78. The SMILES string of the molecule is Cc1ccc(C(C)NC2CNC(=O)C2)c(C)c1. The third kappa shape index (κ3) is 2.86. The summed E-state index contributed by atoms with van der Waals surface area (Å²) in [5.74, 6) is 0.148. The van der Waals surface area contributed by atoms with Gasteiger partial charge < -0.3 is 10.6 Å². The van der Waals surface area contributed by atoms with E-state index in [0.717, 1.165) is 6.54 Å². The monoisotopic (exact) mass is 232 g/mol. The standard InChI is InChI=1S/C14H20N2O/c1-9-4-5-13(10(2)6-9)11(3)16-12-7-14(17)15-8-12/h4-6,11-12,16H,7-8H2,1-3H3,(H,15,17). The molecule has 1 amide bonds. The molecule has 0 spiro atoms. The van der Waals surface area contributed by atoms with Crippen LogP contribution in [0.1, 0.15) is 36.1 Å². The van der Waals surface area contributed by atoms with Gasteiger partial charge in [-0.25, -0.2) is 0 Å². The molecule has 3 nitrogen and oxygen atoms in total. The second-order valence-corrected chi connectivity index (χ2v) is 4.95. The number of rotatable bonds is 3. The number of nitrogens with one attached hydrogen (secondary N) is 2. The van der Waals surface area contributed by atoms with Crippen LogP contribution >= 0.6 is 0 Å². The molecule has 17 heavy (non-hydrogen) atoms. The molecule has 2 rings (SSSR count).